The number of aliphatic carboxylic acids is 1. The van der Waals surface area contributed by atoms with Gasteiger partial charge in [0.1, 0.15) is 5.82 Å². The van der Waals surface area contributed by atoms with Crippen LogP contribution >= 0.6 is 0 Å². The van der Waals surface area contributed by atoms with Crippen molar-refractivity contribution in [2.24, 2.45) is 0 Å². The lowest BCUT2D eigenvalue weighted by Gasteiger charge is -2.26. The maximum absolute atomic E-state index is 13.1. The Labute approximate surface area is 131 Å². The number of nitrogens with zero attached hydrogens (tertiary/aromatic N) is 1. The molecule has 0 aliphatic carbocycles. The summed E-state index contributed by atoms with van der Waals surface area (Å²) in [5, 5.41) is 20.5. The topological polar surface area (TPSA) is 97.7 Å². The predicted molar refractivity (Wildman–Crippen MR) is 75.4 cm³/mol. The zero-order valence-electron chi connectivity index (χ0n) is 12.4. The van der Waals surface area contributed by atoms with Gasteiger partial charge < -0.3 is 19.9 Å². The Morgan fingerprint density at radius 3 is 2.43 bits per heavy atom. The van der Waals surface area contributed by atoms with Crippen molar-refractivity contribution in [2.45, 2.75) is 25.8 Å². The number of rotatable bonds is 6. The second-order valence-corrected chi connectivity index (χ2v) is 5.25. The minimum Gasteiger partial charge on any atom is -0.550 e. The van der Waals surface area contributed by atoms with Crippen molar-refractivity contribution in [1.29, 1.82) is 0 Å². The van der Waals surface area contributed by atoms with E-state index in [4.69, 9.17) is 0 Å². The van der Waals surface area contributed by atoms with Crippen molar-refractivity contribution in [1.82, 2.24) is 4.90 Å². The first-order valence-corrected chi connectivity index (χ1v) is 7.03. The van der Waals surface area contributed by atoms with E-state index in [1.165, 1.54) is 36.1 Å². The molecule has 1 N–H and O–H groups in total. The highest BCUT2D eigenvalue weighted by Crippen LogP contribution is 2.37. The Morgan fingerprint density at radius 1 is 1.30 bits per heavy atom. The number of aliphatic hydroxyl groups excluding tert-OH is 1. The summed E-state index contributed by atoms with van der Waals surface area (Å²) < 4.78 is 13.1. The molecule has 23 heavy (non-hydrogen) atoms. The first-order valence-electron chi connectivity index (χ1n) is 7.03. The van der Waals surface area contributed by atoms with Crippen LogP contribution in [0.2, 0.25) is 0 Å². The summed E-state index contributed by atoms with van der Waals surface area (Å²) in [6, 6.07) is 4.35. The van der Waals surface area contributed by atoms with Crippen LogP contribution in [-0.4, -0.2) is 34.2 Å². The Bertz CT molecular complexity index is 680. The number of hydrogen-bond acceptors (Lipinski definition) is 5. The summed E-state index contributed by atoms with van der Waals surface area (Å²) in [7, 11) is 0. The molecule has 0 spiro atoms. The summed E-state index contributed by atoms with van der Waals surface area (Å²) in [6.07, 6.45) is -0.139. The van der Waals surface area contributed by atoms with E-state index in [2.05, 4.69) is 0 Å². The van der Waals surface area contributed by atoms with Crippen LogP contribution in [0.4, 0.5) is 4.39 Å². The minimum atomic E-state index is -1.25. The average molecular weight is 320 g/mol. The number of benzene rings is 1. The Balaban J connectivity index is 2.36. The Kier molecular flexibility index (Phi) is 4.78. The van der Waals surface area contributed by atoms with Crippen molar-refractivity contribution in [3.8, 4) is 0 Å². The third-order valence-electron chi connectivity index (χ3n) is 3.65. The fraction of sp³-hybridized carbons (Fsp3) is 0.312. The fourth-order valence-electron chi connectivity index (χ4n) is 2.63. The molecule has 0 fully saturated rings. The lowest BCUT2D eigenvalue weighted by molar-refractivity contribution is -0.305. The van der Waals surface area contributed by atoms with E-state index in [0.29, 0.717) is 5.56 Å². The first-order chi connectivity index (χ1) is 10.8. The molecule has 1 aromatic rings. The van der Waals surface area contributed by atoms with E-state index in [1.807, 2.05) is 0 Å². The van der Waals surface area contributed by atoms with Crippen LogP contribution in [0.15, 0.2) is 35.6 Å². The molecule has 1 aliphatic rings. The van der Waals surface area contributed by atoms with Crippen LogP contribution in [0.3, 0.4) is 0 Å². The number of hydrogen-bond donors (Lipinski definition) is 1. The molecule has 1 aromatic carbocycles. The van der Waals surface area contributed by atoms with E-state index in [9.17, 15) is 29.0 Å². The third kappa shape index (κ3) is 3.39. The van der Waals surface area contributed by atoms with Gasteiger partial charge in [-0.3, -0.25) is 9.59 Å². The number of carboxylic acid groups (broad SMARTS) is 1. The number of halogens is 1. The molecule has 0 radical (unpaired) electrons. The number of carboxylic acids is 1. The van der Waals surface area contributed by atoms with Gasteiger partial charge >= 0.3 is 0 Å². The molecule has 0 saturated heterocycles. The Morgan fingerprint density at radius 2 is 1.91 bits per heavy atom. The summed E-state index contributed by atoms with van der Waals surface area (Å²) in [5.41, 5.74) is 0.387. The van der Waals surface area contributed by atoms with E-state index < -0.39 is 35.3 Å². The smallest absolute Gasteiger partial charge is 0.290 e. The lowest BCUT2D eigenvalue weighted by atomic mass is 9.96. The number of carbonyl (C=O) groups is 3. The molecular weight excluding hydrogens is 305 g/mol. The Hall–Kier alpha value is -2.70. The molecule has 1 heterocycles. The van der Waals surface area contributed by atoms with Gasteiger partial charge in [-0.1, -0.05) is 12.1 Å². The minimum absolute atomic E-state index is 0.0235. The van der Waals surface area contributed by atoms with Crippen LogP contribution in [0.25, 0.3) is 0 Å². The highest BCUT2D eigenvalue weighted by molar-refractivity contribution is 6.08. The number of aliphatic hydroxyl groups is 1. The van der Waals surface area contributed by atoms with E-state index in [1.54, 1.807) is 0 Å². The molecule has 0 unspecified atom stereocenters. The normalized spacial score (nSPS) is 17.7. The zero-order chi connectivity index (χ0) is 17.1. The molecule has 6 nitrogen and oxygen atoms in total. The van der Waals surface area contributed by atoms with Crippen molar-refractivity contribution in [3.63, 3.8) is 0 Å². The monoisotopic (exact) mass is 320 g/mol. The standard InChI is InChI=1S/C16H16FNO5/c1-9(19)13-14(10-4-6-11(17)7-5-10)18(16(23)15(13)22)8-2-3-12(20)21/h4-7,14,22H,2-3,8H2,1H3,(H,20,21)/p-1/t14-/m0/s1. The molecule has 0 saturated carbocycles. The summed E-state index contributed by atoms with van der Waals surface area (Å²) >= 11 is 0. The van der Waals surface area contributed by atoms with Gasteiger partial charge in [-0.2, -0.15) is 0 Å². The first kappa shape index (κ1) is 16.7. The molecule has 2 rings (SSSR count). The molecule has 0 bridgehead atoms. The van der Waals surface area contributed by atoms with Crippen molar-refractivity contribution in [2.75, 3.05) is 6.54 Å². The number of ketones is 1. The number of carbonyl (C=O) groups excluding carboxylic acids is 3. The molecule has 1 atom stereocenters. The van der Waals surface area contributed by atoms with Crippen LogP contribution in [0.1, 0.15) is 31.4 Å². The van der Waals surface area contributed by atoms with E-state index in [-0.39, 0.29) is 25.0 Å². The maximum atomic E-state index is 13.1. The zero-order valence-corrected chi connectivity index (χ0v) is 12.4. The second-order valence-electron chi connectivity index (χ2n) is 5.25. The summed E-state index contributed by atoms with van der Waals surface area (Å²) in [6.45, 7) is 1.25. The number of Topliss-reactive ketones (excluding diaryl/α,β-unsaturated/α-hetero) is 1. The van der Waals surface area contributed by atoms with E-state index >= 15 is 0 Å². The van der Waals surface area contributed by atoms with Crippen molar-refractivity contribution in [3.05, 3.63) is 47.0 Å². The van der Waals surface area contributed by atoms with Crippen molar-refractivity contribution < 1.29 is 29.0 Å². The quantitative estimate of drug-likeness (QED) is 0.829. The van der Waals surface area contributed by atoms with Gasteiger partial charge in [0, 0.05) is 12.5 Å². The van der Waals surface area contributed by atoms with Crippen LogP contribution in [-0.2, 0) is 14.4 Å². The second kappa shape index (κ2) is 6.60. The van der Waals surface area contributed by atoms with Crippen molar-refractivity contribution >= 4 is 17.7 Å². The fourth-order valence-corrected chi connectivity index (χ4v) is 2.63. The van der Waals surface area contributed by atoms with Gasteiger partial charge in [-0.15, -0.1) is 0 Å². The number of amides is 1. The van der Waals surface area contributed by atoms with Crippen LogP contribution in [0.5, 0.6) is 0 Å². The van der Waals surface area contributed by atoms with Crippen LogP contribution < -0.4 is 5.11 Å². The predicted octanol–water partition coefficient (Wildman–Crippen LogP) is 0.640. The highest BCUT2D eigenvalue weighted by atomic mass is 19.1. The molecular formula is C16H15FNO5-. The highest BCUT2D eigenvalue weighted by Gasteiger charge is 2.41. The van der Waals surface area contributed by atoms with Gasteiger partial charge in [-0.05, 0) is 37.5 Å². The van der Waals surface area contributed by atoms with Crippen LogP contribution in [0, 0.1) is 5.82 Å². The summed E-state index contributed by atoms with van der Waals surface area (Å²) in [4.78, 5) is 35.7. The lowest BCUT2D eigenvalue weighted by Crippen LogP contribution is -2.33. The van der Waals surface area contributed by atoms with Gasteiger partial charge in [0.25, 0.3) is 5.91 Å². The molecule has 1 aliphatic heterocycles. The van der Waals surface area contributed by atoms with Gasteiger partial charge in [0.05, 0.1) is 11.6 Å². The van der Waals surface area contributed by atoms with Gasteiger partial charge in [-0.25, -0.2) is 4.39 Å². The molecule has 7 heteroatoms. The average Bonchev–Trinajstić information content (AvgIpc) is 2.72. The van der Waals surface area contributed by atoms with E-state index in [0.717, 1.165) is 0 Å². The largest absolute Gasteiger partial charge is 0.550 e. The SMILES string of the molecule is CC(=O)C1=C(O)C(=O)N(CCCC(=O)[O-])[C@H]1c1ccc(F)cc1. The third-order valence-corrected chi connectivity index (χ3v) is 3.65. The molecule has 0 aromatic heterocycles. The maximum Gasteiger partial charge on any atom is 0.290 e. The molecule has 1 amide bonds. The summed E-state index contributed by atoms with van der Waals surface area (Å²) in [5.74, 6) is -3.60. The van der Waals surface area contributed by atoms with Gasteiger partial charge in [0.15, 0.2) is 11.5 Å². The van der Waals surface area contributed by atoms with Gasteiger partial charge in [0.2, 0.25) is 0 Å². The molecule has 122 valence electrons.